The Morgan fingerprint density at radius 3 is 2.32 bits per heavy atom. The molecule has 19 heavy (non-hydrogen) atoms. The van der Waals surface area contributed by atoms with Crippen molar-refractivity contribution in [3.8, 4) is 0 Å². The molecule has 1 rings (SSSR count). The molecule has 1 unspecified atom stereocenters. The van der Waals surface area contributed by atoms with Crippen LogP contribution in [-0.4, -0.2) is 52.7 Å². The number of hydrogen-bond donors (Lipinski definition) is 1. The average molecular weight is 273 g/mol. The van der Waals surface area contributed by atoms with E-state index in [4.69, 9.17) is 14.2 Å². The first-order valence-electron chi connectivity index (χ1n) is 7.74. The molecule has 0 aliphatic heterocycles. The zero-order valence-corrected chi connectivity index (χ0v) is 12.7. The van der Waals surface area contributed by atoms with E-state index < -0.39 is 0 Å². The Kier molecular flexibility index (Phi) is 10.4. The minimum Gasteiger partial charge on any atom is -0.382 e. The van der Waals surface area contributed by atoms with Crippen LogP contribution in [-0.2, 0) is 14.2 Å². The van der Waals surface area contributed by atoms with E-state index in [2.05, 4.69) is 12.2 Å². The Hall–Kier alpha value is -0.160. The third kappa shape index (κ3) is 10.3. The van der Waals surface area contributed by atoms with Gasteiger partial charge in [0, 0.05) is 19.8 Å². The minimum absolute atomic E-state index is 0.656. The summed E-state index contributed by atoms with van der Waals surface area (Å²) in [6, 6.07) is 0.814. The van der Waals surface area contributed by atoms with Crippen LogP contribution in [0.2, 0.25) is 0 Å². The van der Waals surface area contributed by atoms with Crippen molar-refractivity contribution in [1.82, 2.24) is 5.32 Å². The highest BCUT2D eigenvalue weighted by atomic mass is 16.5. The van der Waals surface area contributed by atoms with Gasteiger partial charge in [0.25, 0.3) is 0 Å². The molecule has 1 atom stereocenters. The lowest BCUT2D eigenvalue weighted by Gasteiger charge is -2.16. The van der Waals surface area contributed by atoms with Gasteiger partial charge in [0.05, 0.1) is 26.4 Å². The van der Waals surface area contributed by atoms with E-state index in [1.165, 1.54) is 25.7 Å². The van der Waals surface area contributed by atoms with Gasteiger partial charge in [-0.1, -0.05) is 13.3 Å². The van der Waals surface area contributed by atoms with Gasteiger partial charge in [-0.25, -0.2) is 0 Å². The molecule has 1 fully saturated rings. The number of methoxy groups -OCH3 is 1. The van der Waals surface area contributed by atoms with E-state index in [1.54, 1.807) is 7.11 Å². The Labute approximate surface area is 118 Å². The second-order valence-electron chi connectivity index (χ2n) is 5.34. The molecule has 0 aromatic carbocycles. The van der Waals surface area contributed by atoms with Gasteiger partial charge in [-0.2, -0.15) is 0 Å². The lowest BCUT2D eigenvalue weighted by Crippen LogP contribution is -2.25. The fraction of sp³-hybridized carbons (Fsp3) is 1.00. The summed E-state index contributed by atoms with van der Waals surface area (Å²) in [5.41, 5.74) is 0. The lowest BCUT2D eigenvalue weighted by molar-refractivity contribution is 0.0216. The molecule has 0 aromatic heterocycles. The van der Waals surface area contributed by atoms with Crippen molar-refractivity contribution in [2.75, 3.05) is 46.7 Å². The molecule has 0 saturated heterocycles. The predicted octanol–water partition coefficient (Wildman–Crippen LogP) is 2.22. The van der Waals surface area contributed by atoms with E-state index in [0.717, 1.165) is 31.5 Å². The van der Waals surface area contributed by atoms with Gasteiger partial charge < -0.3 is 19.5 Å². The van der Waals surface area contributed by atoms with E-state index >= 15 is 0 Å². The molecule has 1 saturated carbocycles. The topological polar surface area (TPSA) is 39.7 Å². The van der Waals surface area contributed by atoms with Crippen molar-refractivity contribution in [2.24, 2.45) is 5.92 Å². The highest BCUT2D eigenvalue weighted by molar-refractivity contribution is 4.81. The first-order chi connectivity index (χ1) is 9.36. The Bertz CT molecular complexity index is 198. The third-order valence-electron chi connectivity index (χ3n) is 3.44. The molecule has 4 heteroatoms. The number of hydrogen-bond acceptors (Lipinski definition) is 4. The van der Waals surface area contributed by atoms with E-state index in [0.29, 0.717) is 26.4 Å². The quantitative estimate of drug-likeness (QED) is 0.493. The third-order valence-corrected chi connectivity index (χ3v) is 3.44. The normalized spacial score (nSPS) is 16.7. The summed E-state index contributed by atoms with van der Waals surface area (Å²) < 4.78 is 15.9. The highest BCUT2D eigenvalue weighted by Gasteiger charge is 2.21. The van der Waals surface area contributed by atoms with Crippen LogP contribution in [0.3, 0.4) is 0 Å². The SMILES string of the molecule is CCCC(CCOCCOCCOC)CNC1CC1. The minimum atomic E-state index is 0.656. The van der Waals surface area contributed by atoms with E-state index in [1.807, 2.05) is 0 Å². The summed E-state index contributed by atoms with van der Waals surface area (Å²) in [4.78, 5) is 0. The van der Waals surface area contributed by atoms with Crippen molar-refractivity contribution >= 4 is 0 Å². The van der Waals surface area contributed by atoms with Crippen LogP contribution in [0.15, 0.2) is 0 Å². The van der Waals surface area contributed by atoms with Crippen LogP contribution in [0.25, 0.3) is 0 Å². The second kappa shape index (κ2) is 11.6. The lowest BCUT2D eigenvalue weighted by atomic mass is 10.0. The molecule has 4 nitrogen and oxygen atoms in total. The molecule has 0 heterocycles. The van der Waals surface area contributed by atoms with Crippen LogP contribution < -0.4 is 5.32 Å². The highest BCUT2D eigenvalue weighted by Crippen LogP contribution is 2.20. The first-order valence-corrected chi connectivity index (χ1v) is 7.74. The van der Waals surface area contributed by atoms with Crippen molar-refractivity contribution in [3.05, 3.63) is 0 Å². The zero-order chi connectivity index (χ0) is 13.8. The average Bonchev–Trinajstić information content (AvgIpc) is 3.23. The summed E-state index contributed by atoms with van der Waals surface area (Å²) >= 11 is 0. The molecule has 1 aliphatic carbocycles. The maximum atomic E-state index is 5.62. The molecule has 0 bridgehead atoms. The predicted molar refractivity (Wildman–Crippen MR) is 77.6 cm³/mol. The molecule has 114 valence electrons. The summed E-state index contributed by atoms with van der Waals surface area (Å²) in [5.74, 6) is 0.764. The van der Waals surface area contributed by atoms with E-state index in [9.17, 15) is 0 Å². The Morgan fingerprint density at radius 1 is 1.00 bits per heavy atom. The molecular weight excluding hydrogens is 242 g/mol. The van der Waals surface area contributed by atoms with Crippen LogP contribution in [0.1, 0.15) is 39.0 Å². The van der Waals surface area contributed by atoms with E-state index in [-0.39, 0.29) is 0 Å². The van der Waals surface area contributed by atoms with Gasteiger partial charge in [0.15, 0.2) is 0 Å². The number of rotatable bonds is 14. The Morgan fingerprint density at radius 2 is 1.68 bits per heavy atom. The van der Waals surface area contributed by atoms with Crippen molar-refractivity contribution < 1.29 is 14.2 Å². The fourth-order valence-electron chi connectivity index (χ4n) is 2.09. The van der Waals surface area contributed by atoms with Crippen LogP contribution in [0, 0.1) is 5.92 Å². The first kappa shape index (κ1) is 16.9. The monoisotopic (exact) mass is 273 g/mol. The van der Waals surface area contributed by atoms with Crippen molar-refractivity contribution in [2.45, 2.75) is 45.1 Å². The largest absolute Gasteiger partial charge is 0.382 e. The van der Waals surface area contributed by atoms with Gasteiger partial charge in [0.2, 0.25) is 0 Å². The van der Waals surface area contributed by atoms with Gasteiger partial charge in [-0.3, -0.25) is 0 Å². The summed E-state index contributed by atoms with van der Waals surface area (Å²) in [6.45, 7) is 6.95. The molecule has 0 radical (unpaired) electrons. The van der Waals surface area contributed by atoms with Gasteiger partial charge >= 0.3 is 0 Å². The van der Waals surface area contributed by atoms with Crippen LogP contribution in [0.4, 0.5) is 0 Å². The molecule has 1 N–H and O–H groups in total. The molecule has 0 spiro atoms. The number of ether oxygens (including phenoxy) is 3. The van der Waals surface area contributed by atoms with Crippen LogP contribution >= 0.6 is 0 Å². The molecule has 0 aromatic rings. The van der Waals surface area contributed by atoms with Gasteiger partial charge in [-0.15, -0.1) is 0 Å². The van der Waals surface area contributed by atoms with Gasteiger partial charge in [0.1, 0.15) is 0 Å². The number of nitrogens with one attached hydrogen (secondary N) is 1. The van der Waals surface area contributed by atoms with Crippen molar-refractivity contribution in [1.29, 1.82) is 0 Å². The molecule has 1 aliphatic rings. The maximum absolute atomic E-state index is 5.62. The van der Waals surface area contributed by atoms with Crippen molar-refractivity contribution in [3.63, 3.8) is 0 Å². The summed E-state index contributed by atoms with van der Waals surface area (Å²) in [7, 11) is 1.68. The molecule has 0 amide bonds. The van der Waals surface area contributed by atoms with Crippen LogP contribution in [0.5, 0.6) is 0 Å². The smallest absolute Gasteiger partial charge is 0.0701 e. The standard InChI is InChI=1S/C15H31NO3/c1-3-4-14(13-16-15-5-6-15)7-8-18-11-12-19-10-9-17-2/h14-16H,3-13H2,1-2H3. The zero-order valence-electron chi connectivity index (χ0n) is 12.7. The summed E-state index contributed by atoms with van der Waals surface area (Å²) in [5, 5.41) is 3.62. The second-order valence-corrected chi connectivity index (χ2v) is 5.34. The van der Waals surface area contributed by atoms with Gasteiger partial charge in [-0.05, 0) is 38.1 Å². The fourth-order valence-corrected chi connectivity index (χ4v) is 2.09. The summed E-state index contributed by atoms with van der Waals surface area (Å²) in [6.07, 6.45) is 6.46. The Balaban J connectivity index is 1.88. The maximum Gasteiger partial charge on any atom is 0.0701 e. The molecular formula is C15H31NO3.